The van der Waals surface area contributed by atoms with Gasteiger partial charge in [0.1, 0.15) is 12.1 Å². The number of carboxylic acid groups (broad SMARTS) is 1. The monoisotopic (exact) mass is 282 g/mol. The minimum absolute atomic E-state index is 0.0923. The van der Waals surface area contributed by atoms with E-state index in [9.17, 15) is 14.4 Å². The van der Waals surface area contributed by atoms with Crippen LogP contribution >= 0.6 is 0 Å². The summed E-state index contributed by atoms with van der Waals surface area (Å²) >= 11 is 0. The molecule has 1 heterocycles. The first-order valence-electron chi connectivity index (χ1n) is 6.20. The molecule has 0 saturated heterocycles. The third-order valence-electron chi connectivity index (χ3n) is 2.71. The summed E-state index contributed by atoms with van der Waals surface area (Å²) in [5, 5.41) is 13.6. The Morgan fingerprint density at radius 3 is 2.30 bits per heavy atom. The van der Waals surface area contributed by atoms with Crippen LogP contribution in [0.2, 0.25) is 0 Å². The van der Waals surface area contributed by atoms with Crippen molar-refractivity contribution < 1.29 is 23.9 Å². The lowest BCUT2D eigenvalue weighted by molar-refractivity contribution is -0.141. The van der Waals surface area contributed by atoms with Gasteiger partial charge in [0.15, 0.2) is 5.76 Å². The Bertz CT molecular complexity index is 481. The molecule has 0 radical (unpaired) electrons. The van der Waals surface area contributed by atoms with Crippen LogP contribution in [0.5, 0.6) is 0 Å². The van der Waals surface area contributed by atoms with Crippen molar-refractivity contribution in [1.29, 1.82) is 0 Å². The lowest BCUT2D eigenvalue weighted by atomic mass is 10.0. The molecule has 0 aliphatic carbocycles. The van der Waals surface area contributed by atoms with Crippen LogP contribution in [0.1, 0.15) is 31.3 Å². The van der Waals surface area contributed by atoms with E-state index in [1.54, 1.807) is 19.9 Å². The maximum absolute atomic E-state index is 12.0. The molecule has 0 aromatic carbocycles. The molecular formula is C13H18N2O5. The molecule has 2 amide bonds. The molecule has 7 nitrogen and oxygen atoms in total. The molecule has 0 aliphatic rings. The zero-order valence-corrected chi connectivity index (χ0v) is 11.5. The van der Waals surface area contributed by atoms with Crippen molar-refractivity contribution in [2.24, 2.45) is 5.92 Å². The first-order chi connectivity index (χ1) is 9.32. The number of nitrogens with one attached hydrogen (secondary N) is 2. The second kappa shape index (κ2) is 6.74. The first kappa shape index (κ1) is 15.7. The summed E-state index contributed by atoms with van der Waals surface area (Å²) in [7, 11) is 0. The minimum atomic E-state index is -1.14. The fourth-order valence-electron chi connectivity index (χ4n) is 1.52. The van der Waals surface area contributed by atoms with E-state index < -0.39 is 29.9 Å². The van der Waals surface area contributed by atoms with Crippen molar-refractivity contribution in [3.63, 3.8) is 0 Å². The lowest BCUT2D eigenvalue weighted by Gasteiger charge is -2.22. The summed E-state index contributed by atoms with van der Waals surface area (Å²) in [4.78, 5) is 34.5. The molecule has 2 atom stereocenters. The van der Waals surface area contributed by atoms with E-state index in [0.29, 0.717) is 0 Å². The summed E-state index contributed by atoms with van der Waals surface area (Å²) in [6.07, 6.45) is 1.35. The van der Waals surface area contributed by atoms with Crippen LogP contribution in [0.25, 0.3) is 0 Å². The summed E-state index contributed by atoms with van der Waals surface area (Å²) < 4.78 is 4.94. The van der Waals surface area contributed by atoms with Crippen LogP contribution in [0, 0.1) is 5.92 Å². The largest absolute Gasteiger partial charge is 0.480 e. The van der Waals surface area contributed by atoms with Gasteiger partial charge in [-0.2, -0.15) is 0 Å². The lowest BCUT2D eigenvalue weighted by Crippen LogP contribution is -2.52. The molecule has 1 aromatic heterocycles. The van der Waals surface area contributed by atoms with Crippen molar-refractivity contribution >= 4 is 17.8 Å². The standard InChI is InChI=1S/C13H18N2O5/c1-7(2)10(12(17)14-8(3)13(18)19)15-11(16)9-5-4-6-20-9/h4-8,10H,1-3H3,(H,14,17)(H,15,16)(H,18,19)/t8-,10?/m0/s1. The van der Waals surface area contributed by atoms with Gasteiger partial charge in [-0.1, -0.05) is 13.8 Å². The predicted molar refractivity (Wildman–Crippen MR) is 70.0 cm³/mol. The Kier molecular flexibility index (Phi) is 5.31. The molecule has 0 fully saturated rings. The van der Waals surface area contributed by atoms with Crippen molar-refractivity contribution in [3.05, 3.63) is 24.2 Å². The van der Waals surface area contributed by atoms with Crippen molar-refractivity contribution in [1.82, 2.24) is 10.6 Å². The zero-order valence-electron chi connectivity index (χ0n) is 11.5. The molecule has 0 aliphatic heterocycles. The molecule has 0 saturated carbocycles. The van der Waals surface area contributed by atoms with Crippen LogP contribution in [-0.4, -0.2) is 35.0 Å². The molecule has 1 unspecified atom stereocenters. The number of carbonyl (C=O) groups excluding carboxylic acids is 2. The molecule has 1 rings (SSSR count). The summed E-state index contributed by atoms with van der Waals surface area (Å²) in [5.74, 6) is -2.32. The van der Waals surface area contributed by atoms with Crippen LogP contribution in [0.15, 0.2) is 22.8 Å². The van der Waals surface area contributed by atoms with Crippen molar-refractivity contribution in [3.8, 4) is 0 Å². The van der Waals surface area contributed by atoms with E-state index in [-0.39, 0.29) is 11.7 Å². The minimum Gasteiger partial charge on any atom is -0.480 e. The maximum Gasteiger partial charge on any atom is 0.325 e. The Morgan fingerprint density at radius 1 is 1.20 bits per heavy atom. The Hall–Kier alpha value is -2.31. The Labute approximate surface area is 116 Å². The SMILES string of the molecule is CC(C)C(NC(=O)c1ccco1)C(=O)N[C@@H](C)C(=O)O. The topological polar surface area (TPSA) is 109 Å². The highest BCUT2D eigenvalue weighted by Gasteiger charge is 2.27. The quantitative estimate of drug-likeness (QED) is 0.709. The second-order valence-electron chi connectivity index (χ2n) is 4.74. The van der Waals surface area contributed by atoms with Gasteiger partial charge in [-0.3, -0.25) is 14.4 Å². The van der Waals surface area contributed by atoms with Gasteiger partial charge in [0, 0.05) is 0 Å². The van der Waals surface area contributed by atoms with E-state index in [1.165, 1.54) is 19.3 Å². The first-order valence-corrected chi connectivity index (χ1v) is 6.20. The van der Waals surface area contributed by atoms with Gasteiger partial charge >= 0.3 is 5.97 Å². The van der Waals surface area contributed by atoms with Gasteiger partial charge in [0.05, 0.1) is 6.26 Å². The molecule has 1 aromatic rings. The van der Waals surface area contributed by atoms with Crippen LogP contribution in [0.3, 0.4) is 0 Å². The second-order valence-corrected chi connectivity index (χ2v) is 4.74. The van der Waals surface area contributed by atoms with E-state index >= 15 is 0 Å². The highest BCUT2D eigenvalue weighted by molar-refractivity contribution is 5.96. The molecule has 3 N–H and O–H groups in total. The van der Waals surface area contributed by atoms with Crippen LogP contribution in [0.4, 0.5) is 0 Å². The maximum atomic E-state index is 12.0. The smallest absolute Gasteiger partial charge is 0.325 e. The average Bonchev–Trinajstić information content (AvgIpc) is 2.88. The fourth-order valence-corrected chi connectivity index (χ4v) is 1.52. The van der Waals surface area contributed by atoms with Gasteiger partial charge in [-0.25, -0.2) is 0 Å². The molecule has 0 bridgehead atoms. The van der Waals surface area contributed by atoms with Gasteiger partial charge in [-0.15, -0.1) is 0 Å². The number of amides is 2. The van der Waals surface area contributed by atoms with Crippen molar-refractivity contribution in [2.45, 2.75) is 32.9 Å². The number of furan rings is 1. The number of rotatable bonds is 6. The molecule has 20 heavy (non-hydrogen) atoms. The van der Waals surface area contributed by atoms with Gasteiger partial charge in [0.25, 0.3) is 5.91 Å². The summed E-state index contributed by atoms with van der Waals surface area (Å²) in [6.45, 7) is 4.85. The average molecular weight is 282 g/mol. The Balaban J connectivity index is 2.72. The third kappa shape index (κ3) is 4.11. The van der Waals surface area contributed by atoms with Crippen molar-refractivity contribution in [2.75, 3.05) is 0 Å². The van der Waals surface area contributed by atoms with Crippen LogP contribution < -0.4 is 10.6 Å². The summed E-state index contributed by atoms with van der Waals surface area (Å²) in [5.41, 5.74) is 0. The normalized spacial score (nSPS) is 13.6. The van der Waals surface area contributed by atoms with Gasteiger partial charge in [0.2, 0.25) is 5.91 Å². The zero-order chi connectivity index (χ0) is 15.3. The van der Waals surface area contributed by atoms with E-state index in [0.717, 1.165) is 0 Å². The van der Waals surface area contributed by atoms with Crippen LogP contribution in [-0.2, 0) is 9.59 Å². The number of carboxylic acids is 1. The van der Waals surface area contributed by atoms with Gasteiger partial charge in [-0.05, 0) is 25.0 Å². The third-order valence-corrected chi connectivity index (χ3v) is 2.71. The highest BCUT2D eigenvalue weighted by atomic mass is 16.4. The van der Waals surface area contributed by atoms with E-state index in [1.807, 2.05) is 0 Å². The number of hydrogen-bond acceptors (Lipinski definition) is 4. The highest BCUT2D eigenvalue weighted by Crippen LogP contribution is 2.06. The predicted octanol–water partition coefficient (Wildman–Crippen LogP) is 0.623. The van der Waals surface area contributed by atoms with E-state index in [2.05, 4.69) is 10.6 Å². The number of carbonyl (C=O) groups is 3. The number of aliphatic carboxylic acids is 1. The molecule has 110 valence electrons. The van der Waals surface area contributed by atoms with Gasteiger partial charge < -0.3 is 20.2 Å². The van der Waals surface area contributed by atoms with E-state index in [4.69, 9.17) is 9.52 Å². The molecule has 7 heteroatoms. The summed E-state index contributed by atoms with van der Waals surface area (Å²) in [6, 6.07) is 1.18. The molecular weight excluding hydrogens is 264 g/mol. The molecule has 0 spiro atoms. The number of hydrogen-bond donors (Lipinski definition) is 3. The Morgan fingerprint density at radius 2 is 1.85 bits per heavy atom. The fraction of sp³-hybridized carbons (Fsp3) is 0.462.